The zero-order chi connectivity index (χ0) is 12.5. The SMILES string of the molecule is CCCCOCCC(CBr)c1cccc(F)c1. The highest BCUT2D eigenvalue weighted by Crippen LogP contribution is 2.22. The smallest absolute Gasteiger partial charge is 0.123 e. The number of alkyl halides is 1. The zero-order valence-electron chi connectivity index (χ0n) is 10.3. The molecule has 3 heteroatoms. The number of rotatable bonds is 8. The summed E-state index contributed by atoms with van der Waals surface area (Å²) in [5, 5.41) is 0.841. The molecule has 0 fully saturated rings. The van der Waals surface area contributed by atoms with Gasteiger partial charge in [0.05, 0.1) is 0 Å². The van der Waals surface area contributed by atoms with Crippen LogP contribution in [0.2, 0.25) is 0 Å². The summed E-state index contributed by atoms with van der Waals surface area (Å²) in [7, 11) is 0. The molecule has 0 aliphatic rings. The highest BCUT2D eigenvalue weighted by molar-refractivity contribution is 9.09. The van der Waals surface area contributed by atoms with Crippen LogP contribution in [0.25, 0.3) is 0 Å². The van der Waals surface area contributed by atoms with Crippen LogP contribution < -0.4 is 0 Å². The number of benzene rings is 1. The summed E-state index contributed by atoms with van der Waals surface area (Å²) in [4.78, 5) is 0. The van der Waals surface area contributed by atoms with Gasteiger partial charge in [-0.25, -0.2) is 4.39 Å². The Morgan fingerprint density at radius 2 is 2.18 bits per heavy atom. The molecule has 1 unspecified atom stereocenters. The summed E-state index contributed by atoms with van der Waals surface area (Å²) in [5.74, 6) is 0.160. The maximum absolute atomic E-state index is 13.1. The van der Waals surface area contributed by atoms with Crippen LogP contribution in [0.1, 0.15) is 37.7 Å². The van der Waals surface area contributed by atoms with Crippen LogP contribution in [-0.2, 0) is 4.74 Å². The number of unbranched alkanes of at least 4 members (excludes halogenated alkanes) is 1. The Morgan fingerprint density at radius 3 is 2.82 bits per heavy atom. The third-order valence-corrected chi connectivity index (χ3v) is 3.54. The second-order valence-electron chi connectivity index (χ2n) is 4.16. The molecular formula is C14H20BrFO. The van der Waals surface area contributed by atoms with E-state index in [1.165, 1.54) is 6.07 Å². The number of hydrogen-bond acceptors (Lipinski definition) is 1. The largest absolute Gasteiger partial charge is 0.381 e. The molecule has 1 rings (SSSR count). The highest BCUT2D eigenvalue weighted by atomic mass is 79.9. The van der Waals surface area contributed by atoms with Gasteiger partial charge in [-0.05, 0) is 36.5 Å². The van der Waals surface area contributed by atoms with Crippen LogP contribution in [0.15, 0.2) is 24.3 Å². The fraction of sp³-hybridized carbons (Fsp3) is 0.571. The molecule has 17 heavy (non-hydrogen) atoms. The van der Waals surface area contributed by atoms with E-state index in [9.17, 15) is 4.39 Å². The summed E-state index contributed by atoms with van der Waals surface area (Å²) in [6.07, 6.45) is 3.20. The van der Waals surface area contributed by atoms with Crippen LogP contribution >= 0.6 is 15.9 Å². The van der Waals surface area contributed by atoms with Gasteiger partial charge in [0.1, 0.15) is 5.82 Å². The summed E-state index contributed by atoms with van der Waals surface area (Å²) >= 11 is 3.48. The summed E-state index contributed by atoms with van der Waals surface area (Å²) in [6, 6.07) is 6.82. The average Bonchev–Trinajstić information content (AvgIpc) is 2.34. The first-order valence-corrected chi connectivity index (χ1v) is 7.29. The number of halogens is 2. The van der Waals surface area contributed by atoms with Crippen LogP contribution in [0, 0.1) is 5.82 Å². The van der Waals surface area contributed by atoms with Crippen molar-refractivity contribution in [2.75, 3.05) is 18.5 Å². The molecule has 0 radical (unpaired) electrons. The summed E-state index contributed by atoms with van der Waals surface area (Å²) in [6.45, 7) is 3.72. The van der Waals surface area contributed by atoms with Crippen molar-refractivity contribution in [1.29, 1.82) is 0 Å². The van der Waals surface area contributed by atoms with Crippen LogP contribution in [0.3, 0.4) is 0 Å². The third kappa shape index (κ3) is 5.64. The minimum absolute atomic E-state index is 0.166. The van der Waals surface area contributed by atoms with E-state index < -0.39 is 0 Å². The van der Waals surface area contributed by atoms with E-state index in [4.69, 9.17) is 4.74 Å². The molecule has 0 aromatic heterocycles. The monoisotopic (exact) mass is 302 g/mol. The number of hydrogen-bond donors (Lipinski definition) is 0. The molecule has 0 aliphatic heterocycles. The molecule has 0 saturated heterocycles. The van der Waals surface area contributed by atoms with Gasteiger partial charge in [-0.1, -0.05) is 41.4 Å². The molecule has 0 amide bonds. The molecule has 96 valence electrons. The van der Waals surface area contributed by atoms with E-state index in [-0.39, 0.29) is 5.82 Å². The van der Waals surface area contributed by atoms with Gasteiger partial charge >= 0.3 is 0 Å². The second-order valence-corrected chi connectivity index (χ2v) is 4.81. The fourth-order valence-electron chi connectivity index (χ4n) is 1.67. The first-order valence-electron chi connectivity index (χ1n) is 6.17. The Labute approximate surface area is 111 Å². The topological polar surface area (TPSA) is 9.23 Å². The minimum atomic E-state index is -0.166. The van der Waals surface area contributed by atoms with Crippen LogP contribution in [0.5, 0.6) is 0 Å². The van der Waals surface area contributed by atoms with Crippen molar-refractivity contribution < 1.29 is 9.13 Å². The lowest BCUT2D eigenvalue weighted by Crippen LogP contribution is -2.06. The predicted molar refractivity (Wildman–Crippen MR) is 73.3 cm³/mol. The van der Waals surface area contributed by atoms with E-state index in [0.29, 0.717) is 5.92 Å². The summed E-state index contributed by atoms with van der Waals surface area (Å²) < 4.78 is 18.6. The first kappa shape index (κ1) is 14.7. The van der Waals surface area contributed by atoms with E-state index in [1.54, 1.807) is 12.1 Å². The zero-order valence-corrected chi connectivity index (χ0v) is 11.9. The van der Waals surface area contributed by atoms with Gasteiger partial charge in [-0.2, -0.15) is 0 Å². The molecular weight excluding hydrogens is 283 g/mol. The first-order chi connectivity index (χ1) is 8.27. The van der Waals surface area contributed by atoms with Crippen molar-refractivity contribution in [1.82, 2.24) is 0 Å². The van der Waals surface area contributed by atoms with Crippen molar-refractivity contribution in [3.63, 3.8) is 0 Å². The molecule has 0 spiro atoms. The van der Waals surface area contributed by atoms with E-state index >= 15 is 0 Å². The minimum Gasteiger partial charge on any atom is -0.381 e. The Balaban J connectivity index is 2.38. The summed E-state index contributed by atoms with van der Waals surface area (Å²) in [5.41, 5.74) is 1.04. The normalized spacial score (nSPS) is 12.6. The molecule has 0 bridgehead atoms. The van der Waals surface area contributed by atoms with Crippen molar-refractivity contribution >= 4 is 15.9 Å². The molecule has 0 aliphatic carbocycles. The van der Waals surface area contributed by atoms with Gasteiger partial charge < -0.3 is 4.74 Å². The van der Waals surface area contributed by atoms with Crippen LogP contribution in [-0.4, -0.2) is 18.5 Å². The van der Waals surface area contributed by atoms with E-state index in [0.717, 1.165) is 43.4 Å². The standard InChI is InChI=1S/C14H20BrFO/c1-2-3-8-17-9-7-13(11-15)12-5-4-6-14(16)10-12/h4-6,10,13H,2-3,7-9,11H2,1H3. The van der Waals surface area contributed by atoms with Gasteiger partial charge in [0, 0.05) is 18.5 Å². The molecule has 0 heterocycles. The fourth-order valence-corrected chi connectivity index (χ4v) is 2.37. The molecule has 1 aromatic carbocycles. The molecule has 1 aromatic rings. The Kier molecular flexibility index (Phi) is 7.45. The van der Waals surface area contributed by atoms with Gasteiger partial charge in [0.25, 0.3) is 0 Å². The van der Waals surface area contributed by atoms with Crippen LogP contribution in [0.4, 0.5) is 4.39 Å². The van der Waals surface area contributed by atoms with Gasteiger partial charge in [-0.15, -0.1) is 0 Å². The lowest BCUT2D eigenvalue weighted by molar-refractivity contribution is 0.125. The lowest BCUT2D eigenvalue weighted by atomic mass is 9.98. The maximum atomic E-state index is 13.1. The molecule has 1 atom stereocenters. The van der Waals surface area contributed by atoms with Crippen molar-refractivity contribution in [2.24, 2.45) is 0 Å². The molecule has 0 N–H and O–H groups in total. The van der Waals surface area contributed by atoms with Crippen molar-refractivity contribution in [2.45, 2.75) is 32.1 Å². The van der Waals surface area contributed by atoms with Gasteiger partial charge in [0.15, 0.2) is 0 Å². The maximum Gasteiger partial charge on any atom is 0.123 e. The predicted octanol–water partition coefficient (Wildman–Crippen LogP) is 4.51. The third-order valence-electron chi connectivity index (χ3n) is 2.76. The highest BCUT2D eigenvalue weighted by Gasteiger charge is 2.10. The van der Waals surface area contributed by atoms with Gasteiger partial charge in [0.2, 0.25) is 0 Å². The van der Waals surface area contributed by atoms with Crippen molar-refractivity contribution in [3.05, 3.63) is 35.6 Å². The Bertz CT molecular complexity index is 317. The van der Waals surface area contributed by atoms with Crippen molar-refractivity contribution in [3.8, 4) is 0 Å². The van der Waals surface area contributed by atoms with Gasteiger partial charge in [-0.3, -0.25) is 0 Å². The molecule has 0 saturated carbocycles. The average molecular weight is 303 g/mol. The van der Waals surface area contributed by atoms with E-state index in [1.807, 2.05) is 6.07 Å². The quantitative estimate of drug-likeness (QED) is 0.507. The second kappa shape index (κ2) is 8.65. The molecule has 1 nitrogen and oxygen atoms in total. The number of ether oxygens (including phenoxy) is 1. The Morgan fingerprint density at radius 1 is 1.35 bits per heavy atom. The van der Waals surface area contributed by atoms with E-state index in [2.05, 4.69) is 22.9 Å². The lowest BCUT2D eigenvalue weighted by Gasteiger charge is -2.14. The Hall–Kier alpha value is -0.410.